The molecule has 150 valence electrons. The Morgan fingerprint density at radius 3 is 2.83 bits per heavy atom. The number of aryl methyl sites for hydroxylation is 2. The van der Waals surface area contributed by atoms with Crippen LogP contribution in [0.5, 0.6) is 0 Å². The topological polar surface area (TPSA) is 69.4 Å². The van der Waals surface area contributed by atoms with Gasteiger partial charge in [-0.2, -0.15) is 0 Å². The van der Waals surface area contributed by atoms with Crippen LogP contribution in [-0.2, 0) is 16.0 Å². The molecule has 29 heavy (non-hydrogen) atoms. The number of carbonyl (C=O) groups is 1. The molecule has 0 aliphatic carbocycles. The Morgan fingerprint density at radius 1 is 1.28 bits per heavy atom. The molecule has 1 aliphatic rings. The Kier molecular flexibility index (Phi) is 5.52. The molecule has 1 unspecified atom stereocenters. The first-order valence-electron chi connectivity index (χ1n) is 9.47. The first kappa shape index (κ1) is 19.8. The van der Waals surface area contributed by atoms with E-state index in [-0.39, 0.29) is 12.0 Å². The number of hydrogen-bond donors (Lipinski definition) is 0. The van der Waals surface area contributed by atoms with Gasteiger partial charge in [0.2, 0.25) is 0 Å². The lowest BCUT2D eigenvalue weighted by Gasteiger charge is -2.09. The number of esters is 1. The fourth-order valence-corrected chi connectivity index (χ4v) is 4.92. The maximum absolute atomic E-state index is 11.0. The highest BCUT2D eigenvalue weighted by Crippen LogP contribution is 2.37. The summed E-state index contributed by atoms with van der Waals surface area (Å²) < 4.78 is 7.16. The van der Waals surface area contributed by atoms with Crippen LogP contribution in [0.25, 0.3) is 5.00 Å². The summed E-state index contributed by atoms with van der Waals surface area (Å²) in [6.07, 6.45) is 1.58. The fourth-order valence-electron chi connectivity index (χ4n) is 3.44. The Hall–Kier alpha value is -2.51. The molecule has 0 N–H and O–H groups in total. The van der Waals surface area contributed by atoms with E-state index in [1.807, 2.05) is 38.1 Å². The van der Waals surface area contributed by atoms with Crippen LogP contribution in [0, 0.1) is 6.92 Å². The van der Waals surface area contributed by atoms with Gasteiger partial charge in [0.15, 0.2) is 5.82 Å². The van der Waals surface area contributed by atoms with E-state index in [0.29, 0.717) is 11.6 Å². The van der Waals surface area contributed by atoms with Crippen molar-refractivity contribution in [2.45, 2.75) is 39.7 Å². The van der Waals surface area contributed by atoms with Gasteiger partial charge in [-0.25, -0.2) is 0 Å². The molecule has 0 amide bonds. The Bertz CT molecular complexity index is 1100. The van der Waals surface area contributed by atoms with Crippen molar-refractivity contribution in [1.82, 2.24) is 14.8 Å². The summed E-state index contributed by atoms with van der Waals surface area (Å²) in [7, 11) is 0. The second-order valence-electron chi connectivity index (χ2n) is 6.95. The van der Waals surface area contributed by atoms with E-state index in [9.17, 15) is 4.79 Å². The highest BCUT2D eigenvalue weighted by atomic mass is 35.5. The lowest BCUT2D eigenvalue weighted by molar-refractivity contribution is -0.141. The van der Waals surface area contributed by atoms with Crippen molar-refractivity contribution in [2.24, 2.45) is 4.99 Å². The number of halogens is 1. The van der Waals surface area contributed by atoms with Gasteiger partial charge in [-0.15, -0.1) is 21.5 Å². The summed E-state index contributed by atoms with van der Waals surface area (Å²) in [6.45, 7) is 5.81. The number of rotatable bonds is 5. The zero-order chi connectivity index (χ0) is 20.5. The molecule has 8 heteroatoms. The molecule has 0 fully saturated rings. The van der Waals surface area contributed by atoms with Gasteiger partial charge in [-0.3, -0.25) is 14.4 Å². The predicted octanol–water partition coefficient (Wildman–Crippen LogP) is 4.70. The van der Waals surface area contributed by atoms with E-state index in [0.717, 1.165) is 46.3 Å². The molecule has 3 aromatic rings. The lowest BCUT2D eigenvalue weighted by atomic mass is 10.0. The van der Waals surface area contributed by atoms with Gasteiger partial charge >= 0.3 is 5.97 Å². The molecular weight excluding hydrogens is 408 g/mol. The van der Waals surface area contributed by atoms with E-state index in [2.05, 4.69) is 20.8 Å². The normalized spacial score (nSPS) is 15.3. The number of hydrogen-bond acceptors (Lipinski definition) is 6. The maximum Gasteiger partial charge on any atom is 0.302 e. The van der Waals surface area contributed by atoms with Crippen LogP contribution in [0.1, 0.15) is 54.0 Å². The van der Waals surface area contributed by atoms with Crippen LogP contribution in [0.4, 0.5) is 0 Å². The molecule has 0 saturated heterocycles. The van der Waals surface area contributed by atoms with E-state index in [1.54, 1.807) is 11.3 Å². The number of aliphatic imine (C=N–C) groups is 1. The zero-order valence-corrected chi connectivity index (χ0v) is 18.0. The van der Waals surface area contributed by atoms with Crippen molar-refractivity contribution in [2.75, 3.05) is 6.61 Å². The predicted molar refractivity (Wildman–Crippen MR) is 114 cm³/mol. The molecule has 1 atom stereocenters. The third-order valence-corrected chi connectivity index (χ3v) is 6.28. The van der Waals surface area contributed by atoms with Crippen LogP contribution in [0.15, 0.2) is 35.3 Å². The number of benzene rings is 1. The number of ether oxygens (including phenoxy) is 1. The average molecular weight is 429 g/mol. The van der Waals surface area contributed by atoms with Gasteiger partial charge in [0.05, 0.1) is 12.3 Å². The van der Waals surface area contributed by atoms with Crippen molar-refractivity contribution < 1.29 is 9.53 Å². The summed E-state index contributed by atoms with van der Waals surface area (Å²) in [4.78, 5) is 17.2. The van der Waals surface area contributed by atoms with Crippen LogP contribution in [0.3, 0.4) is 0 Å². The molecule has 6 nitrogen and oxygen atoms in total. The number of nitrogens with zero attached hydrogens (tertiary/aromatic N) is 4. The van der Waals surface area contributed by atoms with Crippen LogP contribution in [0.2, 0.25) is 5.02 Å². The molecule has 3 heterocycles. The van der Waals surface area contributed by atoms with Gasteiger partial charge in [0.25, 0.3) is 0 Å². The van der Waals surface area contributed by atoms with E-state index in [4.69, 9.17) is 21.3 Å². The summed E-state index contributed by atoms with van der Waals surface area (Å²) in [5.74, 6) is 1.40. The molecule has 2 aromatic heterocycles. The molecule has 0 bridgehead atoms. The van der Waals surface area contributed by atoms with E-state index < -0.39 is 0 Å². The Labute approximate surface area is 178 Å². The molecule has 0 saturated carbocycles. The van der Waals surface area contributed by atoms with Crippen molar-refractivity contribution in [3.63, 3.8) is 0 Å². The molecule has 0 radical (unpaired) electrons. The molecule has 0 spiro atoms. The monoisotopic (exact) mass is 428 g/mol. The van der Waals surface area contributed by atoms with E-state index >= 15 is 0 Å². The Balaban J connectivity index is 1.79. The number of fused-ring (bicyclic) bond motifs is 3. The molecule has 1 aliphatic heterocycles. The van der Waals surface area contributed by atoms with Crippen molar-refractivity contribution >= 4 is 34.6 Å². The second kappa shape index (κ2) is 8.08. The minimum Gasteiger partial charge on any atom is -0.466 e. The number of carbonyl (C=O) groups excluding carboxylic acids is 1. The van der Waals surface area contributed by atoms with Crippen molar-refractivity contribution in [3.05, 3.63) is 63.0 Å². The van der Waals surface area contributed by atoms with Crippen LogP contribution < -0.4 is 0 Å². The SMILES string of the molecule is CC(=O)OCCCc1cc2c(s1)-n1c(C)nnc1C(C)N=C2c1ccccc1Cl. The fraction of sp³-hybridized carbons (Fsp3) is 0.333. The quantitative estimate of drug-likeness (QED) is 0.436. The van der Waals surface area contributed by atoms with Gasteiger partial charge < -0.3 is 4.74 Å². The largest absolute Gasteiger partial charge is 0.466 e. The third kappa shape index (κ3) is 3.84. The van der Waals surface area contributed by atoms with Gasteiger partial charge in [-0.1, -0.05) is 29.8 Å². The van der Waals surface area contributed by atoms with Gasteiger partial charge in [-0.05, 0) is 38.8 Å². The molecule has 1 aromatic carbocycles. The standard InChI is InChI=1S/C21H21ClN4O2S/c1-12-20-25-24-13(2)26(20)21-17(11-15(29-21)7-6-10-28-14(3)27)19(23-12)16-8-4-5-9-18(16)22/h4-5,8-9,11-12H,6-7,10H2,1-3H3. The summed E-state index contributed by atoms with van der Waals surface area (Å²) in [5.41, 5.74) is 2.80. The zero-order valence-electron chi connectivity index (χ0n) is 16.5. The van der Waals surface area contributed by atoms with Gasteiger partial charge in [0, 0.05) is 28.0 Å². The van der Waals surface area contributed by atoms with Crippen molar-refractivity contribution in [3.8, 4) is 5.00 Å². The third-order valence-electron chi connectivity index (χ3n) is 4.77. The van der Waals surface area contributed by atoms with Crippen LogP contribution in [-0.4, -0.2) is 33.1 Å². The van der Waals surface area contributed by atoms with Crippen molar-refractivity contribution in [1.29, 1.82) is 0 Å². The lowest BCUT2D eigenvalue weighted by Crippen LogP contribution is -2.06. The minimum atomic E-state index is -0.251. The highest BCUT2D eigenvalue weighted by Gasteiger charge is 2.28. The van der Waals surface area contributed by atoms with Gasteiger partial charge in [0.1, 0.15) is 16.9 Å². The molecular formula is C21H21ClN4O2S. The summed E-state index contributed by atoms with van der Waals surface area (Å²) in [5, 5.41) is 10.4. The number of aromatic nitrogens is 3. The van der Waals surface area contributed by atoms with Crippen LogP contribution >= 0.6 is 22.9 Å². The summed E-state index contributed by atoms with van der Waals surface area (Å²) in [6, 6.07) is 9.78. The maximum atomic E-state index is 11.0. The average Bonchev–Trinajstić information content (AvgIpc) is 3.24. The first-order chi connectivity index (χ1) is 14.0. The number of thiophene rings is 1. The Morgan fingerprint density at radius 2 is 2.07 bits per heavy atom. The minimum absolute atomic E-state index is 0.144. The highest BCUT2D eigenvalue weighted by molar-refractivity contribution is 7.15. The van der Waals surface area contributed by atoms with E-state index in [1.165, 1.54) is 11.8 Å². The smallest absolute Gasteiger partial charge is 0.302 e. The summed E-state index contributed by atoms with van der Waals surface area (Å²) >= 11 is 8.21. The first-order valence-corrected chi connectivity index (χ1v) is 10.7. The molecule has 4 rings (SSSR count). The second-order valence-corrected chi connectivity index (χ2v) is 8.47.